The lowest BCUT2D eigenvalue weighted by molar-refractivity contribution is -0.170. The van der Waals surface area contributed by atoms with Gasteiger partial charge in [-0.25, -0.2) is 4.79 Å². The summed E-state index contributed by atoms with van der Waals surface area (Å²) in [5.74, 6) is -2.84. The monoisotopic (exact) mass is 323 g/mol. The first kappa shape index (κ1) is 18.6. The van der Waals surface area contributed by atoms with E-state index < -0.39 is 29.0 Å². The van der Waals surface area contributed by atoms with Crippen LogP contribution in [-0.2, 0) is 20.7 Å². The second-order valence-corrected chi connectivity index (χ2v) is 5.71. The van der Waals surface area contributed by atoms with E-state index in [-0.39, 0.29) is 12.0 Å². The third kappa shape index (κ3) is 4.27. The van der Waals surface area contributed by atoms with E-state index in [1.54, 1.807) is 12.1 Å². The molecule has 23 heavy (non-hydrogen) atoms. The average Bonchev–Trinajstić information content (AvgIpc) is 2.45. The van der Waals surface area contributed by atoms with Crippen LogP contribution in [0.15, 0.2) is 24.3 Å². The highest BCUT2D eigenvalue weighted by molar-refractivity contribution is 5.95. The average molecular weight is 323 g/mol. The molecule has 0 aliphatic carbocycles. The molecule has 0 saturated carbocycles. The zero-order valence-corrected chi connectivity index (χ0v) is 13.3. The third-order valence-corrected chi connectivity index (χ3v) is 3.32. The first-order valence-corrected chi connectivity index (χ1v) is 6.81. The summed E-state index contributed by atoms with van der Waals surface area (Å²) in [6, 6.07) is 6.23. The van der Waals surface area contributed by atoms with Crippen molar-refractivity contribution < 1.29 is 24.2 Å². The van der Waals surface area contributed by atoms with Gasteiger partial charge in [-0.3, -0.25) is 9.59 Å². The van der Waals surface area contributed by atoms with Gasteiger partial charge < -0.3 is 26.6 Å². The lowest BCUT2D eigenvalue weighted by atomic mass is 9.95. The van der Waals surface area contributed by atoms with Crippen molar-refractivity contribution in [1.29, 1.82) is 0 Å². The quantitative estimate of drug-likeness (QED) is 0.503. The second kappa shape index (κ2) is 6.76. The first-order valence-electron chi connectivity index (χ1n) is 6.81. The molecule has 1 atom stereocenters. The Morgan fingerprint density at radius 3 is 2.26 bits per heavy atom. The topological polar surface area (TPSA) is 145 Å². The highest BCUT2D eigenvalue weighted by Gasteiger charge is 2.43. The molecule has 6 N–H and O–H groups in total. The third-order valence-electron chi connectivity index (χ3n) is 3.32. The molecule has 0 bridgehead atoms. The second-order valence-electron chi connectivity index (χ2n) is 5.71. The maximum atomic E-state index is 12.1. The number of carbonyl (C=O) groups excluding carboxylic acids is 2. The van der Waals surface area contributed by atoms with Crippen LogP contribution >= 0.6 is 0 Å². The predicted octanol–water partition coefficient (Wildman–Crippen LogP) is -0.391. The van der Waals surface area contributed by atoms with Crippen LogP contribution in [0.5, 0.6) is 0 Å². The van der Waals surface area contributed by atoms with Crippen molar-refractivity contribution >= 4 is 17.8 Å². The number of carbonyl (C=O) groups is 3. The minimum atomic E-state index is -2.07. The Hall–Kier alpha value is -2.45. The number of hydrogen-bond donors (Lipinski definition) is 4. The van der Waals surface area contributed by atoms with E-state index in [9.17, 15) is 19.5 Å². The molecule has 0 spiro atoms. The van der Waals surface area contributed by atoms with Crippen molar-refractivity contribution in [1.82, 2.24) is 5.32 Å². The molecule has 0 unspecified atom stereocenters. The number of benzene rings is 1. The van der Waals surface area contributed by atoms with Crippen LogP contribution in [0.1, 0.15) is 29.8 Å². The number of hydrogen-bond acceptors (Lipinski definition) is 5. The van der Waals surface area contributed by atoms with Gasteiger partial charge in [0.2, 0.25) is 17.5 Å². The Morgan fingerprint density at radius 2 is 1.83 bits per heavy atom. The van der Waals surface area contributed by atoms with Gasteiger partial charge in [-0.15, -0.1) is 0 Å². The van der Waals surface area contributed by atoms with Crippen LogP contribution in [0.2, 0.25) is 0 Å². The number of ether oxygens (including phenoxy) is 1. The number of nitrogens with one attached hydrogen (secondary N) is 1. The minimum absolute atomic E-state index is 0.149. The van der Waals surface area contributed by atoms with Gasteiger partial charge in [0.15, 0.2) is 0 Å². The van der Waals surface area contributed by atoms with E-state index >= 15 is 0 Å². The molecule has 1 rings (SSSR count). The molecule has 8 heteroatoms. The highest BCUT2D eigenvalue weighted by Crippen LogP contribution is 2.19. The molecule has 0 aliphatic heterocycles. The van der Waals surface area contributed by atoms with Crippen molar-refractivity contribution in [2.75, 3.05) is 7.11 Å². The SMILES string of the molecule is CO[C@@](Cc1ccccc1C(N)=O)(NC(=O)C(C)(C)N)C(=O)O. The van der Waals surface area contributed by atoms with Gasteiger partial charge in [-0.1, -0.05) is 18.2 Å². The van der Waals surface area contributed by atoms with E-state index in [2.05, 4.69) is 5.32 Å². The van der Waals surface area contributed by atoms with Crippen LogP contribution < -0.4 is 16.8 Å². The summed E-state index contributed by atoms with van der Waals surface area (Å²) < 4.78 is 5.06. The number of carboxylic acid groups (broad SMARTS) is 1. The number of aliphatic carboxylic acids is 1. The van der Waals surface area contributed by atoms with Crippen LogP contribution in [0.4, 0.5) is 0 Å². The Balaban J connectivity index is 3.26. The van der Waals surface area contributed by atoms with Crippen LogP contribution in [-0.4, -0.2) is 41.3 Å². The lowest BCUT2D eigenvalue weighted by Crippen LogP contribution is -2.63. The molecule has 8 nitrogen and oxygen atoms in total. The molecule has 1 aromatic carbocycles. The Morgan fingerprint density at radius 1 is 1.26 bits per heavy atom. The number of primary amides is 1. The zero-order valence-electron chi connectivity index (χ0n) is 13.3. The number of nitrogens with two attached hydrogens (primary N) is 2. The number of amides is 2. The minimum Gasteiger partial charge on any atom is -0.478 e. The number of carboxylic acids is 1. The molecule has 0 fully saturated rings. The molecule has 2 amide bonds. The normalized spacial score (nSPS) is 13.9. The maximum Gasteiger partial charge on any atom is 0.357 e. The summed E-state index contributed by atoms with van der Waals surface area (Å²) in [6.07, 6.45) is -0.292. The summed E-state index contributed by atoms with van der Waals surface area (Å²) in [5, 5.41) is 11.8. The van der Waals surface area contributed by atoms with Crippen LogP contribution in [0.3, 0.4) is 0 Å². The van der Waals surface area contributed by atoms with Crippen LogP contribution in [0, 0.1) is 0 Å². The highest BCUT2D eigenvalue weighted by atomic mass is 16.5. The van der Waals surface area contributed by atoms with Crippen molar-refractivity contribution in [3.63, 3.8) is 0 Å². The number of methoxy groups -OCH3 is 1. The van der Waals surface area contributed by atoms with Gasteiger partial charge in [-0.05, 0) is 25.5 Å². The summed E-state index contributed by atoms with van der Waals surface area (Å²) in [7, 11) is 1.14. The molecule has 0 aromatic heterocycles. The summed E-state index contributed by atoms with van der Waals surface area (Å²) >= 11 is 0. The Kier molecular flexibility index (Phi) is 5.46. The summed E-state index contributed by atoms with van der Waals surface area (Å²) in [6.45, 7) is 2.86. The molecule has 0 saturated heterocycles. The van der Waals surface area contributed by atoms with Crippen molar-refractivity contribution in [3.05, 3.63) is 35.4 Å². The van der Waals surface area contributed by atoms with Crippen molar-refractivity contribution in [2.45, 2.75) is 31.5 Å². The molecule has 0 aliphatic rings. The zero-order chi connectivity index (χ0) is 17.8. The van der Waals surface area contributed by atoms with E-state index in [4.69, 9.17) is 16.2 Å². The fourth-order valence-corrected chi connectivity index (χ4v) is 1.91. The van der Waals surface area contributed by atoms with Crippen LogP contribution in [0.25, 0.3) is 0 Å². The standard InChI is InChI=1S/C15H21N3O5/c1-14(2,17)12(20)18-15(23-3,13(21)22)8-9-6-4-5-7-10(9)11(16)19/h4-7H,8,17H2,1-3H3,(H2,16,19)(H,18,20)(H,21,22)/t15-/m1/s1. The molecule has 0 radical (unpaired) electrons. The summed E-state index contributed by atoms with van der Waals surface area (Å²) in [5.41, 5.74) is 8.07. The molecule has 1 aromatic rings. The van der Waals surface area contributed by atoms with Crippen molar-refractivity contribution in [2.24, 2.45) is 11.5 Å². The molecule has 126 valence electrons. The van der Waals surface area contributed by atoms with Gasteiger partial charge in [0.05, 0.1) is 5.54 Å². The van der Waals surface area contributed by atoms with E-state index in [0.29, 0.717) is 5.56 Å². The molecular formula is C15H21N3O5. The maximum absolute atomic E-state index is 12.1. The largest absolute Gasteiger partial charge is 0.478 e. The Labute approximate surface area is 133 Å². The molecular weight excluding hydrogens is 302 g/mol. The fourth-order valence-electron chi connectivity index (χ4n) is 1.91. The first-order chi connectivity index (χ1) is 10.5. The summed E-state index contributed by atoms with van der Waals surface area (Å²) in [4.78, 5) is 35.3. The van der Waals surface area contributed by atoms with Gasteiger partial charge in [0, 0.05) is 19.1 Å². The predicted molar refractivity (Wildman–Crippen MR) is 82.4 cm³/mol. The van der Waals surface area contributed by atoms with E-state index in [1.807, 2.05) is 0 Å². The number of rotatable bonds is 7. The van der Waals surface area contributed by atoms with E-state index in [0.717, 1.165) is 7.11 Å². The smallest absolute Gasteiger partial charge is 0.357 e. The van der Waals surface area contributed by atoms with Gasteiger partial charge in [-0.2, -0.15) is 0 Å². The van der Waals surface area contributed by atoms with Crippen molar-refractivity contribution in [3.8, 4) is 0 Å². The molecule has 0 heterocycles. The van der Waals surface area contributed by atoms with Gasteiger partial charge in [0.25, 0.3) is 0 Å². The lowest BCUT2D eigenvalue weighted by Gasteiger charge is -2.32. The van der Waals surface area contributed by atoms with Gasteiger partial charge in [0.1, 0.15) is 0 Å². The van der Waals surface area contributed by atoms with Gasteiger partial charge >= 0.3 is 5.97 Å². The fraction of sp³-hybridized carbons (Fsp3) is 0.400. The Bertz CT molecular complexity index is 624. The van der Waals surface area contributed by atoms with E-state index in [1.165, 1.54) is 26.0 Å².